The Balaban J connectivity index is 2.47. The quantitative estimate of drug-likeness (QED) is 0.772. The number of hydrogen-bond donors (Lipinski definition) is 1. The number of benzene rings is 1. The summed E-state index contributed by atoms with van der Waals surface area (Å²) in [4.78, 5) is 10.9. The van der Waals surface area contributed by atoms with E-state index in [-0.39, 0.29) is 0 Å². The molecule has 1 atom stereocenters. The predicted octanol–water partition coefficient (Wildman–Crippen LogP) is 2.51. The summed E-state index contributed by atoms with van der Waals surface area (Å²) in [7, 11) is 0. The number of aryl methyl sites for hydroxylation is 1. The fourth-order valence-electron chi connectivity index (χ4n) is 1.69. The highest BCUT2D eigenvalue weighted by molar-refractivity contribution is 5.72. The lowest BCUT2D eigenvalue weighted by Crippen LogP contribution is -2.26. The molecule has 0 spiro atoms. The third-order valence-corrected chi connectivity index (χ3v) is 2.63. The van der Waals surface area contributed by atoms with Crippen molar-refractivity contribution >= 4 is 5.97 Å². The molecule has 0 saturated carbocycles. The van der Waals surface area contributed by atoms with Crippen molar-refractivity contribution in [2.45, 2.75) is 32.8 Å². The lowest BCUT2D eigenvalue weighted by Gasteiger charge is -2.14. The van der Waals surface area contributed by atoms with E-state index >= 15 is 0 Å². The molecule has 0 amide bonds. The Morgan fingerprint density at radius 3 is 2.67 bits per heavy atom. The molecule has 0 aliphatic rings. The van der Waals surface area contributed by atoms with Crippen LogP contribution >= 0.6 is 0 Å². The maximum Gasteiger partial charge on any atom is 0.332 e. The maximum absolute atomic E-state index is 10.9. The van der Waals surface area contributed by atoms with Crippen LogP contribution in [-0.2, 0) is 16.0 Å². The van der Waals surface area contributed by atoms with Gasteiger partial charge < -0.3 is 14.6 Å². The van der Waals surface area contributed by atoms with Gasteiger partial charge in [-0.2, -0.15) is 0 Å². The Kier molecular flexibility index (Phi) is 6.22. The van der Waals surface area contributed by atoms with Crippen LogP contribution in [0.1, 0.15) is 25.8 Å². The Morgan fingerprint density at radius 1 is 1.33 bits per heavy atom. The maximum atomic E-state index is 10.9. The molecule has 100 valence electrons. The first-order chi connectivity index (χ1) is 8.69. The molecule has 4 heteroatoms. The van der Waals surface area contributed by atoms with Crippen molar-refractivity contribution in [3.8, 4) is 5.75 Å². The van der Waals surface area contributed by atoms with Gasteiger partial charge in [-0.15, -0.1) is 0 Å². The van der Waals surface area contributed by atoms with Gasteiger partial charge >= 0.3 is 5.97 Å². The van der Waals surface area contributed by atoms with Crippen molar-refractivity contribution in [3.05, 3.63) is 29.8 Å². The number of carboxylic acids is 1. The molecule has 0 bridgehead atoms. The van der Waals surface area contributed by atoms with Gasteiger partial charge in [-0.25, -0.2) is 4.79 Å². The highest BCUT2D eigenvalue weighted by atomic mass is 16.5. The van der Waals surface area contributed by atoms with Crippen LogP contribution in [0.4, 0.5) is 0 Å². The Bertz CT molecular complexity index is 376. The van der Waals surface area contributed by atoms with Gasteiger partial charge in [0.25, 0.3) is 0 Å². The molecule has 1 unspecified atom stereocenters. The highest BCUT2D eigenvalue weighted by Crippen LogP contribution is 2.18. The van der Waals surface area contributed by atoms with Crippen molar-refractivity contribution < 1.29 is 19.4 Å². The van der Waals surface area contributed by atoms with Crippen molar-refractivity contribution in [2.24, 2.45) is 0 Å². The third-order valence-electron chi connectivity index (χ3n) is 2.63. The smallest absolute Gasteiger partial charge is 0.332 e. The Morgan fingerprint density at radius 2 is 2.06 bits per heavy atom. The summed E-state index contributed by atoms with van der Waals surface area (Å²) in [6.07, 6.45) is 0.453. The molecule has 0 aromatic heterocycles. The van der Waals surface area contributed by atoms with Crippen LogP contribution in [0.2, 0.25) is 0 Å². The number of para-hydroxylation sites is 1. The Hall–Kier alpha value is -1.55. The summed E-state index contributed by atoms with van der Waals surface area (Å²) in [5.41, 5.74) is 1.13. The molecule has 4 nitrogen and oxygen atoms in total. The highest BCUT2D eigenvalue weighted by Gasteiger charge is 2.17. The molecule has 1 rings (SSSR count). The molecule has 0 saturated heterocycles. The summed E-state index contributed by atoms with van der Waals surface area (Å²) in [6, 6.07) is 7.78. The number of rotatable bonds is 8. The molecular weight excluding hydrogens is 232 g/mol. The van der Waals surface area contributed by atoms with Crippen LogP contribution in [0.3, 0.4) is 0 Å². The van der Waals surface area contributed by atoms with Gasteiger partial charge in [0.1, 0.15) is 5.75 Å². The summed E-state index contributed by atoms with van der Waals surface area (Å²) in [5, 5.41) is 8.92. The molecule has 1 N–H and O–H groups in total. The van der Waals surface area contributed by atoms with Gasteiger partial charge in [0, 0.05) is 13.0 Å². The van der Waals surface area contributed by atoms with E-state index in [4.69, 9.17) is 14.6 Å². The summed E-state index contributed by atoms with van der Waals surface area (Å²) >= 11 is 0. The average Bonchev–Trinajstić information content (AvgIpc) is 2.38. The molecule has 1 aromatic rings. The fraction of sp³-hybridized carbons (Fsp3) is 0.500. The largest absolute Gasteiger partial charge is 0.493 e. The molecule has 0 heterocycles. The number of ether oxygens (including phenoxy) is 2. The molecule has 0 aliphatic carbocycles. The molecule has 1 aromatic carbocycles. The van der Waals surface area contributed by atoms with Crippen LogP contribution in [0.5, 0.6) is 5.75 Å². The van der Waals surface area contributed by atoms with E-state index < -0.39 is 12.1 Å². The van der Waals surface area contributed by atoms with E-state index in [1.807, 2.05) is 24.3 Å². The summed E-state index contributed by atoms with van der Waals surface area (Å²) in [5.74, 6) is -0.120. The first-order valence-electron chi connectivity index (χ1n) is 6.24. The van der Waals surface area contributed by atoms with Gasteiger partial charge in [0.05, 0.1) is 6.61 Å². The second-order valence-electron chi connectivity index (χ2n) is 3.88. The fourth-order valence-corrected chi connectivity index (χ4v) is 1.69. The molecule has 0 radical (unpaired) electrons. The summed E-state index contributed by atoms with van der Waals surface area (Å²) in [6.45, 7) is 4.57. The van der Waals surface area contributed by atoms with Gasteiger partial charge in [-0.05, 0) is 25.0 Å². The van der Waals surface area contributed by atoms with Crippen molar-refractivity contribution in [1.29, 1.82) is 0 Å². The normalized spacial score (nSPS) is 12.1. The molecule has 0 aliphatic heterocycles. The Labute approximate surface area is 108 Å². The number of aliphatic carboxylic acids is 1. The van der Waals surface area contributed by atoms with Crippen LogP contribution in [0, 0.1) is 0 Å². The SMILES string of the molecule is CCOC(CCOc1ccccc1CC)C(=O)O. The van der Waals surface area contributed by atoms with Gasteiger partial charge in [0.15, 0.2) is 6.10 Å². The average molecular weight is 252 g/mol. The third kappa shape index (κ3) is 4.37. The van der Waals surface area contributed by atoms with E-state index in [0.717, 1.165) is 17.7 Å². The van der Waals surface area contributed by atoms with Crippen LogP contribution in [0.25, 0.3) is 0 Å². The number of hydrogen-bond acceptors (Lipinski definition) is 3. The van der Waals surface area contributed by atoms with Gasteiger partial charge in [-0.1, -0.05) is 25.1 Å². The number of carbonyl (C=O) groups is 1. The summed E-state index contributed by atoms with van der Waals surface area (Å²) < 4.78 is 10.7. The minimum atomic E-state index is -0.941. The minimum absolute atomic E-state index is 0.341. The van der Waals surface area contributed by atoms with Gasteiger partial charge in [-0.3, -0.25) is 0 Å². The van der Waals surface area contributed by atoms with Crippen LogP contribution in [0.15, 0.2) is 24.3 Å². The zero-order valence-electron chi connectivity index (χ0n) is 10.9. The van der Waals surface area contributed by atoms with Crippen LogP contribution in [-0.4, -0.2) is 30.4 Å². The molecule has 18 heavy (non-hydrogen) atoms. The zero-order chi connectivity index (χ0) is 13.4. The van der Waals surface area contributed by atoms with Crippen molar-refractivity contribution in [3.63, 3.8) is 0 Å². The van der Waals surface area contributed by atoms with Crippen LogP contribution < -0.4 is 4.74 Å². The van der Waals surface area contributed by atoms with Crippen molar-refractivity contribution in [2.75, 3.05) is 13.2 Å². The lowest BCUT2D eigenvalue weighted by atomic mass is 10.1. The number of carboxylic acid groups (broad SMARTS) is 1. The van der Waals surface area contributed by atoms with E-state index in [1.54, 1.807) is 6.92 Å². The molecule has 0 fully saturated rings. The minimum Gasteiger partial charge on any atom is -0.493 e. The second-order valence-corrected chi connectivity index (χ2v) is 3.88. The lowest BCUT2D eigenvalue weighted by molar-refractivity contribution is -0.150. The second kappa shape index (κ2) is 7.71. The van der Waals surface area contributed by atoms with E-state index in [9.17, 15) is 4.79 Å². The van der Waals surface area contributed by atoms with Gasteiger partial charge in [0.2, 0.25) is 0 Å². The molecular formula is C14H20O4. The van der Waals surface area contributed by atoms with E-state index in [0.29, 0.717) is 19.6 Å². The topological polar surface area (TPSA) is 55.8 Å². The predicted molar refractivity (Wildman–Crippen MR) is 69.0 cm³/mol. The first kappa shape index (κ1) is 14.5. The monoisotopic (exact) mass is 252 g/mol. The van der Waals surface area contributed by atoms with Crippen molar-refractivity contribution in [1.82, 2.24) is 0 Å². The first-order valence-corrected chi connectivity index (χ1v) is 6.24. The van der Waals surface area contributed by atoms with E-state index in [1.165, 1.54) is 0 Å². The zero-order valence-corrected chi connectivity index (χ0v) is 10.9. The standard InChI is InChI=1S/C14H20O4/c1-3-11-7-5-6-8-12(11)18-10-9-13(14(15)16)17-4-2/h5-8,13H,3-4,9-10H2,1-2H3,(H,15,16). The van der Waals surface area contributed by atoms with E-state index in [2.05, 4.69) is 6.92 Å².